The van der Waals surface area contributed by atoms with E-state index in [0.29, 0.717) is 22.4 Å². The van der Waals surface area contributed by atoms with Crippen molar-refractivity contribution in [3.63, 3.8) is 0 Å². The van der Waals surface area contributed by atoms with Gasteiger partial charge in [-0.2, -0.15) is 0 Å². The van der Waals surface area contributed by atoms with Crippen LogP contribution in [0.5, 0.6) is 5.75 Å². The van der Waals surface area contributed by atoms with Gasteiger partial charge in [-0.25, -0.2) is 4.99 Å². The van der Waals surface area contributed by atoms with E-state index in [1.807, 2.05) is 43.3 Å². The van der Waals surface area contributed by atoms with Crippen LogP contribution in [-0.4, -0.2) is 17.1 Å². The number of nitrogens with one attached hydrogen (secondary N) is 1. The molecule has 150 valence electrons. The van der Waals surface area contributed by atoms with E-state index >= 15 is 0 Å². The van der Waals surface area contributed by atoms with Gasteiger partial charge in [0.1, 0.15) is 5.75 Å². The molecule has 5 nitrogen and oxygen atoms in total. The molecule has 29 heavy (non-hydrogen) atoms. The normalized spacial score (nSPS) is 14.0. The van der Waals surface area contributed by atoms with Gasteiger partial charge in [-0.3, -0.25) is 4.79 Å². The summed E-state index contributed by atoms with van der Waals surface area (Å²) in [4.78, 5) is 17.4. The number of hydrogen-bond acceptors (Lipinski definition) is 4. The van der Waals surface area contributed by atoms with Gasteiger partial charge < -0.3 is 14.6 Å². The van der Waals surface area contributed by atoms with E-state index in [1.165, 1.54) is 0 Å². The fourth-order valence-corrected chi connectivity index (χ4v) is 4.31. The van der Waals surface area contributed by atoms with Crippen molar-refractivity contribution in [1.82, 2.24) is 4.57 Å². The predicted molar refractivity (Wildman–Crippen MR) is 118 cm³/mol. The van der Waals surface area contributed by atoms with E-state index < -0.39 is 0 Å². The number of thiazole rings is 1. The molecule has 2 heterocycles. The zero-order valence-corrected chi connectivity index (χ0v) is 18.1. The monoisotopic (exact) mass is 427 g/mol. The summed E-state index contributed by atoms with van der Waals surface area (Å²) in [5.74, 6) is 1.00. The molecule has 0 atom stereocenters. The molecule has 0 radical (unpaired) electrons. The molecule has 1 N–H and O–H groups in total. The molecule has 0 fully saturated rings. The average molecular weight is 428 g/mol. The van der Waals surface area contributed by atoms with Crippen LogP contribution in [0.2, 0.25) is 5.02 Å². The number of fused-ring (bicyclic) bond motifs is 1. The molecule has 0 aliphatic carbocycles. The maximum absolute atomic E-state index is 11.7. The highest BCUT2D eigenvalue weighted by Gasteiger charge is 2.18. The molecule has 0 unspecified atom stereocenters. The molecule has 0 bridgehead atoms. The van der Waals surface area contributed by atoms with E-state index in [2.05, 4.69) is 29.1 Å². The van der Waals surface area contributed by atoms with Crippen molar-refractivity contribution in [1.29, 1.82) is 0 Å². The third-order valence-corrected chi connectivity index (χ3v) is 5.90. The maximum atomic E-state index is 11.7. The largest absolute Gasteiger partial charge is 0.482 e. The molecule has 7 heteroatoms. The summed E-state index contributed by atoms with van der Waals surface area (Å²) < 4.78 is 7.70. The SMILES string of the molecule is Cc1ccc(N=c2scc(-c3ccc4c(c3)NC(=O)CO4)n2CC(C)C)cc1Cl. The lowest BCUT2D eigenvalue weighted by molar-refractivity contribution is -0.118. The first-order chi connectivity index (χ1) is 13.9. The Hall–Kier alpha value is -2.57. The smallest absolute Gasteiger partial charge is 0.262 e. The number of carbonyl (C=O) groups excluding carboxylic acids is 1. The fraction of sp³-hybridized carbons (Fsp3) is 0.273. The van der Waals surface area contributed by atoms with Crippen molar-refractivity contribution in [3.8, 4) is 17.0 Å². The third kappa shape index (κ3) is 4.23. The van der Waals surface area contributed by atoms with Crippen molar-refractivity contribution < 1.29 is 9.53 Å². The molecule has 0 saturated heterocycles. The molecule has 1 amide bonds. The molecular weight excluding hydrogens is 406 g/mol. The van der Waals surface area contributed by atoms with E-state index in [4.69, 9.17) is 21.3 Å². The van der Waals surface area contributed by atoms with Gasteiger partial charge in [0.25, 0.3) is 5.91 Å². The number of amides is 1. The molecule has 0 spiro atoms. The second kappa shape index (κ2) is 8.05. The van der Waals surface area contributed by atoms with Crippen LogP contribution in [-0.2, 0) is 11.3 Å². The minimum Gasteiger partial charge on any atom is -0.482 e. The number of hydrogen-bond donors (Lipinski definition) is 1. The second-order valence-electron chi connectivity index (χ2n) is 7.50. The first-order valence-electron chi connectivity index (χ1n) is 9.47. The average Bonchev–Trinajstić information content (AvgIpc) is 3.05. The summed E-state index contributed by atoms with van der Waals surface area (Å²) in [6.45, 7) is 7.23. The molecule has 2 aromatic carbocycles. The lowest BCUT2D eigenvalue weighted by Gasteiger charge is -2.19. The molecule has 1 aromatic heterocycles. The van der Waals surface area contributed by atoms with Crippen LogP contribution in [0.1, 0.15) is 19.4 Å². The number of halogens is 1. The van der Waals surface area contributed by atoms with Crippen molar-refractivity contribution in [3.05, 3.63) is 57.2 Å². The Morgan fingerprint density at radius 1 is 1.28 bits per heavy atom. The summed E-state index contributed by atoms with van der Waals surface area (Å²) in [6.07, 6.45) is 0. The Kier molecular flexibility index (Phi) is 5.48. The van der Waals surface area contributed by atoms with Crippen molar-refractivity contribution in [2.24, 2.45) is 10.9 Å². The standard InChI is InChI=1S/C22H22ClN3O2S/c1-13(2)10-26-19(15-5-7-20-18(8-15)25-21(27)11-28-20)12-29-22(26)24-16-6-4-14(3)17(23)9-16/h4-9,12-13H,10-11H2,1-3H3,(H,25,27). The van der Waals surface area contributed by atoms with Crippen LogP contribution in [0.4, 0.5) is 11.4 Å². The Labute approximate surface area is 178 Å². The summed E-state index contributed by atoms with van der Waals surface area (Å²) in [5.41, 5.74) is 4.63. The van der Waals surface area contributed by atoms with Crippen molar-refractivity contribution in [2.45, 2.75) is 27.3 Å². The van der Waals surface area contributed by atoms with Gasteiger partial charge in [0.05, 0.1) is 17.1 Å². The lowest BCUT2D eigenvalue weighted by Crippen LogP contribution is -2.25. The third-order valence-electron chi connectivity index (χ3n) is 4.63. The van der Waals surface area contributed by atoms with Crippen LogP contribution in [0, 0.1) is 12.8 Å². The number of aromatic nitrogens is 1. The van der Waals surface area contributed by atoms with Crippen LogP contribution in [0.15, 0.2) is 46.8 Å². The van der Waals surface area contributed by atoms with E-state index in [0.717, 1.165) is 33.9 Å². The predicted octanol–water partition coefficient (Wildman–Crippen LogP) is 5.40. The number of rotatable bonds is 4. The zero-order chi connectivity index (χ0) is 20.5. The van der Waals surface area contributed by atoms with Gasteiger partial charge >= 0.3 is 0 Å². The highest BCUT2D eigenvalue weighted by atomic mass is 35.5. The number of ether oxygens (including phenoxy) is 1. The van der Waals surface area contributed by atoms with Gasteiger partial charge in [-0.1, -0.05) is 31.5 Å². The van der Waals surface area contributed by atoms with Gasteiger partial charge in [0.2, 0.25) is 0 Å². The van der Waals surface area contributed by atoms with Crippen molar-refractivity contribution >= 4 is 40.2 Å². The zero-order valence-electron chi connectivity index (χ0n) is 16.5. The minimum absolute atomic E-state index is 0.0558. The van der Waals surface area contributed by atoms with E-state index in [1.54, 1.807) is 11.3 Å². The Morgan fingerprint density at radius 2 is 2.10 bits per heavy atom. The Morgan fingerprint density at radius 3 is 2.86 bits per heavy atom. The first kappa shape index (κ1) is 19.7. The summed E-state index contributed by atoms with van der Waals surface area (Å²) in [7, 11) is 0. The highest BCUT2D eigenvalue weighted by molar-refractivity contribution is 7.07. The summed E-state index contributed by atoms with van der Waals surface area (Å²) >= 11 is 7.87. The number of carbonyl (C=O) groups is 1. The number of nitrogens with zero attached hydrogens (tertiary/aromatic N) is 2. The fourth-order valence-electron chi connectivity index (χ4n) is 3.20. The van der Waals surface area contributed by atoms with Gasteiger partial charge in [-0.05, 0) is 48.7 Å². The second-order valence-corrected chi connectivity index (χ2v) is 8.74. The summed E-state index contributed by atoms with van der Waals surface area (Å²) in [5, 5.41) is 5.69. The Bertz CT molecular complexity index is 1150. The maximum Gasteiger partial charge on any atom is 0.262 e. The van der Waals surface area contributed by atoms with Crippen LogP contribution in [0.25, 0.3) is 11.3 Å². The number of benzene rings is 2. The molecule has 0 saturated carbocycles. The van der Waals surface area contributed by atoms with Crippen LogP contribution >= 0.6 is 22.9 Å². The Balaban J connectivity index is 1.80. The quantitative estimate of drug-likeness (QED) is 0.606. The molecular formula is C22H22ClN3O2S. The van der Waals surface area contributed by atoms with E-state index in [9.17, 15) is 4.79 Å². The van der Waals surface area contributed by atoms with Crippen LogP contribution in [0.3, 0.4) is 0 Å². The van der Waals surface area contributed by atoms with E-state index in [-0.39, 0.29) is 12.5 Å². The number of aryl methyl sites for hydroxylation is 1. The highest BCUT2D eigenvalue weighted by Crippen LogP contribution is 2.33. The van der Waals surface area contributed by atoms with Gasteiger partial charge in [0.15, 0.2) is 11.4 Å². The minimum atomic E-state index is -0.137. The van der Waals surface area contributed by atoms with Gasteiger partial charge in [0, 0.05) is 22.5 Å². The first-order valence-corrected chi connectivity index (χ1v) is 10.7. The molecule has 1 aliphatic rings. The summed E-state index contributed by atoms with van der Waals surface area (Å²) in [6, 6.07) is 11.7. The van der Waals surface area contributed by atoms with Crippen LogP contribution < -0.4 is 14.9 Å². The number of anilines is 1. The van der Waals surface area contributed by atoms with Gasteiger partial charge in [-0.15, -0.1) is 11.3 Å². The topological polar surface area (TPSA) is 55.6 Å². The molecule has 3 aromatic rings. The van der Waals surface area contributed by atoms with Crippen molar-refractivity contribution in [2.75, 3.05) is 11.9 Å². The molecule has 4 rings (SSSR count). The lowest BCUT2D eigenvalue weighted by atomic mass is 10.1. The molecule has 1 aliphatic heterocycles.